The van der Waals surface area contributed by atoms with Gasteiger partial charge in [-0.3, -0.25) is 9.58 Å². The van der Waals surface area contributed by atoms with E-state index in [4.69, 9.17) is 9.84 Å². The average molecular weight is 578 g/mol. The van der Waals surface area contributed by atoms with E-state index in [0.29, 0.717) is 30.8 Å². The van der Waals surface area contributed by atoms with Crippen molar-refractivity contribution >= 4 is 15.7 Å². The smallest absolute Gasteiger partial charge is 0.416 e. The van der Waals surface area contributed by atoms with Crippen LogP contribution in [0.25, 0.3) is 11.3 Å². The molecule has 2 aromatic carbocycles. The first-order valence-electron chi connectivity index (χ1n) is 13.4. The molecule has 0 saturated carbocycles. The Morgan fingerprint density at radius 3 is 2.30 bits per heavy atom. The lowest BCUT2D eigenvalue weighted by molar-refractivity contribution is -0.137. The third-order valence-electron chi connectivity index (χ3n) is 7.70. The van der Waals surface area contributed by atoms with Crippen LogP contribution in [-0.2, 0) is 35.7 Å². The molecule has 0 atom stereocenters. The number of halogens is 3. The summed E-state index contributed by atoms with van der Waals surface area (Å²) in [5.41, 5.74) is 3.19. The van der Waals surface area contributed by atoms with Crippen molar-refractivity contribution in [3.05, 3.63) is 65.4 Å². The van der Waals surface area contributed by atoms with E-state index in [1.54, 1.807) is 7.11 Å². The number of benzene rings is 2. The van der Waals surface area contributed by atoms with E-state index in [1.165, 1.54) is 22.7 Å². The van der Waals surface area contributed by atoms with Gasteiger partial charge >= 0.3 is 6.18 Å². The van der Waals surface area contributed by atoms with Crippen LogP contribution in [-0.4, -0.2) is 80.0 Å². The van der Waals surface area contributed by atoms with Gasteiger partial charge in [0.15, 0.2) is 0 Å². The minimum absolute atomic E-state index is 0.162. The molecule has 0 spiro atoms. The predicted octanol–water partition coefficient (Wildman–Crippen LogP) is 4.11. The van der Waals surface area contributed by atoms with Crippen molar-refractivity contribution in [1.29, 1.82) is 0 Å². The van der Waals surface area contributed by atoms with Crippen LogP contribution in [0.2, 0.25) is 0 Å². The van der Waals surface area contributed by atoms with Gasteiger partial charge in [0.1, 0.15) is 5.75 Å². The van der Waals surface area contributed by atoms with Gasteiger partial charge in [0.05, 0.1) is 30.3 Å². The number of nitrogens with zero attached hydrogens (tertiary/aromatic N) is 5. The second kappa shape index (κ2) is 11.4. The summed E-state index contributed by atoms with van der Waals surface area (Å²) in [4.78, 5) is 4.76. The lowest BCUT2D eigenvalue weighted by Crippen LogP contribution is -2.46. The topological polar surface area (TPSA) is 70.9 Å². The fraction of sp³-hybridized carbons (Fsp3) is 0.464. The van der Waals surface area contributed by atoms with E-state index < -0.39 is 21.8 Å². The van der Waals surface area contributed by atoms with E-state index in [2.05, 4.69) is 15.9 Å². The molecule has 0 N–H and O–H groups in total. The highest BCUT2D eigenvalue weighted by atomic mass is 32.2. The molecule has 3 aromatic rings. The van der Waals surface area contributed by atoms with E-state index in [9.17, 15) is 21.6 Å². The van der Waals surface area contributed by atoms with Crippen molar-refractivity contribution in [1.82, 2.24) is 19.0 Å². The van der Waals surface area contributed by atoms with Crippen LogP contribution in [0.5, 0.6) is 5.75 Å². The number of aryl methyl sites for hydroxylation is 1. The Labute approximate surface area is 233 Å². The van der Waals surface area contributed by atoms with Crippen LogP contribution in [0.3, 0.4) is 0 Å². The Bertz CT molecular complexity index is 1430. The van der Waals surface area contributed by atoms with E-state index in [0.717, 1.165) is 74.0 Å². The molecule has 0 unspecified atom stereocenters. The lowest BCUT2D eigenvalue weighted by Gasteiger charge is -2.36. The molecule has 40 heavy (non-hydrogen) atoms. The van der Waals surface area contributed by atoms with Crippen LogP contribution < -0.4 is 9.64 Å². The molecular weight excluding hydrogens is 543 g/mol. The number of aromatic nitrogens is 2. The number of ether oxygens (including phenoxy) is 1. The van der Waals surface area contributed by atoms with Crippen LogP contribution in [0.15, 0.2) is 48.5 Å². The molecule has 5 rings (SSSR count). The third-order valence-corrected chi connectivity index (χ3v) is 8.95. The van der Waals surface area contributed by atoms with Gasteiger partial charge in [0, 0.05) is 75.6 Å². The molecule has 1 aromatic heterocycles. The molecule has 0 aliphatic carbocycles. The number of rotatable bonds is 8. The quantitative estimate of drug-likeness (QED) is 0.402. The molecule has 1 fully saturated rings. The Morgan fingerprint density at radius 1 is 0.950 bits per heavy atom. The molecule has 8 nitrogen and oxygen atoms in total. The molecule has 3 heterocycles. The van der Waals surface area contributed by atoms with Gasteiger partial charge in [-0.15, -0.1) is 0 Å². The monoisotopic (exact) mass is 577 g/mol. The Morgan fingerprint density at radius 2 is 1.65 bits per heavy atom. The summed E-state index contributed by atoms with van der Waals surface area (Å²) in [7, 11) is -1.73. The average Bonchev–Trinajstić information content (AvgIpc) is 3.30. The number of methoxy groups -OCH3 is 1. The van der Waals surface area contributed by atoms with Gasteiger partial charge in [0.25, 0.3) is 0 Å². The number of hydrogen-bond acceptors (Lipinski definition) is 6. The van der Waals surface area contributed by atoms with Crippen LogP contribution >= 0.6 is 0 Å². The molecule has 0 radical (unpaired) electrons. The number of sulfonamides is 1. The van der Waals surface area contributed by atoms with Gasteiger partial charge < -0.3 is 9.64 Å². The third kappa shape index (κ3) is 6.13. The van der Waals surface area contributed by atoms with Crippen LogP contribution in [0.1, 0.15) is 23.2 Å². The second-order valence-electron chi connectivity index (χ2n) is 10.3. The number of para-hydroxylation sites is 2. The van der Waals surface area contributed by atoms with Crippen molar-refractivity contribution in [3.8, 4) is 17.0 Å². The van der Waals surface area contributed by atoms with Crippen molar-refractivity contribution in [2.45, 2.75) is 32.1 Å². The maximum atomic E-state index is 13.1. The summed E-state index contributed by atoms with van der Waals surface area (Å²) >= 11 is 0. The van der Waals surface area contributed by atoms with Gasteiger partial charge in [-0.05, 0) is 30.7 Å². The van der Waals surface area contributed by atoms with Gasteiger partial charge in [0.2, 0.25) is 10.0 Å². The highest BCUT2D eigenvalue weighted by Gasteiger charge is 2.32. The first-order chi connectivity index (χ1) is 19.0. The zero-order chi connectivity index (χ0) is 28.5. The maximum Gasteiger partial charge on any atom is 0.416 e. The summed E-state index contributed by atoms with van der Waals surface area (Å²) in [6.07, 6.45) is -1.89. The van der Waals surface area contributed by atoms with Crippen molar-refractivity contribution < 1.29 is 26.3 Å². The van der Waals surface area contributed by atoms with Gasteiger partial charge in [-0.2, -0.15) is 22.6 Å². The van der Waals surface area contributed by atoms with Gasteiger partial charge in [-0.25, -0.2) is 8.42 Å². The van der Waals surface area contributed by atoms with Crippen molar-refractivity contribution in [2.24, 2.45) is 0 Å². The Hall–Kier alpha value is -3.09. The van der Waals surface area contributed by atoms with Crippen molar-refractivity contribution in [2.75, 3.05) is 57.5 Å². The van der Waals surface area contributed by atoms with E-state index in [1.807, 2.05) is 22.9 Å². The molecule has 2 aliphatic rings. The van der Waals surface area contributed by atoms with Crippen molar-refractivity contribution in [3.63, 3.8) is 0 Å². The summed E-state index contributed by atoms with van der Waals surface area (Å²) < 4.78 is 72.7. The number of piperazine rings is 1. The molecule has 12 heteroatoms. The summed E-state index contributed by atoms with van der Waals surface area (Å²) in [6, 6.07) is 12.9. The minimum atomic E-state index is -4.43. The molecule has 1 saturated heterocycles. The number of alkyl halides is 3. The highest BCUT2D eigenvalue weighted by Crippen LogP contribution is 2.34. The molecular formula is C28H34F3N5O3S. The maximum absolute atomic E-state index is 13.1. The standard InChI is InChI=1S/C28H34F3N5O3S/c1-39-26-7-4-3-6-25(26)34-18-16-33(17-19-34)13-5-14-36-24-12-15-35(40(2,37)38)20-23(24)27(32-36)21-8-10-22(11-9-21)28(29,30)31/h3-4,6-11H,5,12-20H2,1-2H3. The lowest BCUT2D eigenvalue weighted by atomic mass is 10.0. The normalized spacial score (nSPS) is 17.2. The fourth-order valence-corrected chi connectivity index (χ4v) is 6.32. The Kier molecular flexibility index (Phi) is 8.12. The summed E-state index contributed by atoms with van der Waals surface area (Å²) in [5.74, 6) is 0.873. The highest BCUT2D eigenvalue weighted by molar-refractivity contribution is 7.88. The molecule has 2 aliphatic heterocycles. The van der Waals surface area contributed by atoms with Crippen LogP contribution in [0.4, 0.5) is 18.9 Å². The SMILES string of the molecule is COc1ccccc1N1CCN(CCCn2nc(-c3ccc(C(F)(F)F)cc3)c3c2CCN(S(C)(=O)=O)C3)CC1. The minimum Gasteiger partial charge on any atom is -0.495 e. The van der Waals surface area contributed by atoms with E-state index in [-0.39, 0.29) is 6.54 Å². The van der Waals surface area contributed by atoms with E-state index >= 15 is 0 Å². The largest absolute Gasteiger partial charge is 0.495 e. The van der Waals surface area contributed by atoms with Gasteiger partial charge in [-0.1, -0.05) is 24.3 Å². The zero-order valence-corrected chi connectivity index (χ0v) is 23.5. The Balaban J connectivity index is 1.27. The fourth-order valence-electron chi connectivity index (χ4n) is 5.53. The molecule has 0 bridgehead atoms. The first-order valence-corrected chi connectivity index (χ1v) is 15.2. The zero-order valence-electron chi connectivity index (χ0n) is 22.7. The molecule has 216 valence electrons. The second-order valence-corrected chi connectivity index (χ2v) is 12.3. The number of hydrogen-bond donors (Lipinski definition) is 0. The summed E-state index contributed by atoms with van der Waals surface area (Å²) in [6.45, 7) is 5.71. The predicted molar refractivity (Wildman–Crippen MR) is 148 cm³/mol. The molecule has 0 amide bonds. The first kappa shape index (κ1) is 28.4. The number of fused-ring (bicyclic) bond motifs is 1. The van der Waals surface area contributed by atoms with Crippen LogP contribution in [0, 0.1) is 0 Å². The number of anilines is 1. The summed E-state index contributed by atoms with van der Waals surface area (Å²) in [5, 5.41) is 4.80.